The maximum atomic E-state index is 13.2. The minimum atomic E-state index is -0.718. The summed E-state index contributed by atoms with van der Waals surface area (Å²) in [6.45, 7) is 21.5. The first-order chi connectivity index (χ1) is 19.0. The minimum absolute atomic E-state index is 0.0195. The topological polar surface area (TPSA) is 83.8 Å². The minimum Gasteiger partial charge on any atom is -0.481 e. The molecule has 0 heterocycles. The third kappa shape index (κ3) is 6.22. The van der Waals surface area contributed by atoms with Crippen molar-refractivity contribution in [1.82, 2.24) is 0 Å². The van der Waals surface area contributed by atoms with E-state index in [1.807, 2.05) is 6.92 Å². The van der Waals surface area contributed by atoms with E-state index >= 15 is 0 Å². The molecule has 0 aromatic carbocycles. The normalized spacial score (nSPS) is 32.9. The van der Waals surface area contributed by atoms with Crippen LogP contribution in [0.4, 0.5) is 0 Å². The molecule has 5 heteroatoms. The SMILES string of the molecule is CC[C@H](C[C@](CC)([C@@H](CCC(C)C(C)C)C(=O)O)[C@@]1(C)CC=C2C(=CCC3C(C)(C)[C@@H](O)CC[C@]23C)C1)OC(C)=O. The Labute approximate surface area is 250 Å². The highest BCUT2D eigenvalue weighted by atomic mass is 16.5. The zero-order valence-corrected chi connectivity index (χ0v) is 27.8. The van der Waals surface area contributed by atoms with Crippen LogP contribution < -0.4 is 0 Å². The van der Waals surface area contributed by atoms with Gasteiger partial charge >= 0.3 is 11.9 Å². The summed E-state index contributed by atoms with van der Waals surface area (Å²) in [6.07, 6.45) is 12.2. The number of aliphatic hydroxyl groups excluding tert-OH is 1. The van der Waals surface area contributed by atoms with Gasteiger partial charge in [-0.1, -0.05) is 74.5 Å². The van der Waals surface area contributed by atoms with Gasteiger partial charge in [0.2, 0.25) is 0 Å². The van der Waals surface area contributed by atoms with Gasteiger partial charge in [0, 0.05) is 6.92 Å². The molecule has 1 fully saturated rings. The molecule has 5 nitrogen and oxygen atoms in total. The molecule has 0 aromatic rings. The van der Waals surface area contributed by atoms with E-state index in [0.29, 0.717) is 37.0 Å². The number of carbonyl (C=O) groups excluding carboxylic acids is 1. The van der Waals surface area contributed by atoms with E-state index in [-0.39, 0.29) is 34.4 Å². The molecule has 3 aliphatic rings. The van der Waals surface area contributed by atoms with E-state index in [0.717, 1.165) is 44.9 Å². The number of esters is 1. The van der Waals surface area contributed by atoms with Crippen molar-refractivity contribution in [2.75, 3.05) is 0 Å². The summed E-state index contributed by atoms with van der Waals surface area (Å²) in [5.41, 5.74) is 1.86. The van der Waals surface area contributed by atoms with Gasteiger partial charge in [0.1, 0.15) is 6.10 Å². The average molecular weight is 573 g/mol. The lowest BCUT2D eigenvalue weighted by molar-refractivity contribution is -0.162. The molecule has 8 atom stereocenters. The van der Waals surface area contributed by atoms with Crippen LogP contribution in [0.25, 0.3) is 0 Å². The Morgan fingerprint density at radius 1 is 1.10 bits per heavy atom. The second-order valence-corrected chi connectivity index (χ2v) is 15.4. The van der Waals surface area contributed by atoms with E-state index in [9.17, 15) is 19.8 Å². The number of fused-ring (bicyclic) bond motifs is 3. The molecule has 2 N–H and O–H groups in total. The molecule has 3 rings (SSSR count). The summed E-state index contributed by atoms with van der Waals surface area (Å²) in [6, 6.07) is 0. The highest BCUT2D eigenvalue weighted by molar-refractivity contribution is 5.71. The van der Waals surface area contributed by atoms with Crippen LogP contribution >= 0.6 is 0 Å². The van der Waals surface area contributed by atoms with Crippen LogP contribution in [0.15, 0.2) is 23.3 Å². The number of rotatable bonds is 12. The lowest BCUT2D eigenvalue weighted by atomic mass is 9.45. The van der Waals surface area contributed by atoms with E-state index in [2.05, 4.69) is 67.5 Å². The summed E-state index contributed by atoms with van der Waals surface area (Å²) < 4.78 is 5.83. The van der Waals surface area contributed by atoms with Gasteiger partial charge in [-0.15, -0.1) is 0 Å². The predicted molar refractivity (Wildman–Crippen MR) is 166 cm³/mol. The van der Waals surface area contributed by atoms with Crippen LogP contribution in [0.2, 0.25) is 0 Å². The second-order valence-electron chi connectivity index (χ2n) is 15.4. The van der Waals surface area contributed by atoms with Gasteiger partial charge in [-0.3, -0.25) is 9.59 Å². The monoisotopic (exact) mass is 572 g/mol. The molecule has 41 heavy (non-hydrogen) atoms. The largest absolute Gasteiger partial charge is 0.481 e. The number of hydrogen-bond donors (Lipinski definition) is 2. The molecule has 0 aromatic heterocycles. The molecule has 0 radical (unpaired) electrons. The van der Waals surface area contributed by atoms with Crippen molar-refractivity contribution in [2.45, 2.75) is 146 Å². The smallest absolute Gasteiger partial charge is 0.307 e. The van der Waals surface area contributed by atoms with Gasteiger partial charge in [0.25, 0.3) is 0 Å². The van der Waals surface area contributed by atoms with E-state index in [1.54, 1.807) is 0 Å². The number of carboxylic acid groups (broad SMARTS) is 1. The van der Waals surface area contributed by atoms with Gasteiger partial charge < -0.3 is 14.9 Å². The average Bonchev–Trinajstić information content (AvgIpc) is 2.88. The molecular formula is C36H60O5. The van der Waals surface area contributed by atoms with Crippen molar-refractivity contribution in [1.29, 1.82) is 0 Å². The third-order valence-electron chi connectivity index (χ3n) is 12.6. The molecule has 0 bridgehead atoms. The van der Waals surface area contributed by atoms with Crippen molar-refractivity contribution in [3.8, 4) is 0 Å². The van der Waals surface area contributed by atoms with Gasteiger partial charge in [0.05, 0.1) is 12.0 Å². The fourth-order valence-corrected chi connectivity index (χ4v) is 9.33. The van der Waals surface area contributed by atoms with Crippen LogP contribution in [0.3, 0.4) is 0 Å². The summed E-state index contributed by atoms with van der Waals surface area (Å²) in [5.74, 6) is -0.213. The Morgan fingerprint density at radius 2 is 1.76 bits per heavy atom. The number of carbonyl (C=O) groups is 2. The number of aliphatic carboxylic acids is 1. The first-order valence-electron chi connectivity index (χ1n) is 16.5. The lowest BCUT2D eigenvalue weighted by Gasteiger charge is -2.60. The standard InChI is InChI=1S/C36H60O5/c1-11-27(41-25(6)37)22-36(12-2,29(32(39)40)15-13-24(5)23(3)4)34(9)19-17-28-26(21-34)14-16-30-33(7,8)31(38)18-20-35(28,30)10/h14,17,23-24,27,29-31,38H,11-13,15-16,18-22H2,1-10H3,(H,39,40)/t24?,27-,29+,30?,31+,34+,35-,36-/m1/s1. The summed E-state index contributed by atoms with van der Waals surface area (Å²) in [7, 11) is 0. The van der Waals surface area contributed by atoms with Crippen LogP contribution in [0, 0.1) is 45.3 Å². The molecule has 0 saturated heterocycles. The first kappa shape index (κ1) is 33.9. The first-order valence-corrected chi connectivity index (χ1v) is 16.5. The molecule has 234 valence electrons. The molecule has 2 unspecified atom stereocenters. The Morgan fingerprint density at radius 3 is 2.29 bits per heavy atom. The molecule has 0 amide bonds. The Kier molecular flexibility index (Phi) is 10.4. The van der Waals surface area contributed by atoms with Crippen molar-refractivity contribution >= 4 is 11.9 Å². The van der Waals surface area contributed by atoms with Crippen LogP contribution in [-0.2, 0) is 14.3 Å². The van der Waals surface area contributed by atoms with Gasteiger partial charge in [0.15, 0.2) is 0 Å². The van der Waals surface area contributed by atoms with Gasteiger partial charge in [-0.2, -0.15) is 0 Å². The summed E-state index contributed by atoms with van der Waals surface area (Å²) in [4.78, 5) is 25.3. The van der Waals surface area contributed by atoms with E-state index < -0.39 is 17.3 Å². The molecule has 0 aliphatic heterocycles. The van der Waals surface area contributed by atoms with Crippen molar-refractivity contribution < 1.29 is 24.5 Å². The number of allylic oxidation sites excluding steroid dienone is 4. The van der Waals surface area contributed by atoms with Crippen molar-refractivity contribution in [3.63, 3.8) is 0 Å². The third-order valence-corrected chi connectivity index (χ3v) is 12.6. The van der Waals surface area contributed by atoms with Crippen molar-refractivity contribution in [2.24, 2.45) is 45.3 Å². The number of carboxylic acids is 1. The number of aliphatic hydroxyl groups is 1. The van der Waals surface area contributed by atoms with E-state index in [1.165, 1.54) is 18.1 Å². The predicted octanol–water partition coefficient (Wildman–Crippen LogP) is 8.75. The van der Waals surface area contributed by atoms with Gasteiger partial charge in [-0.25, -0.2) is 0 Å². The Balaban J connectivity index is 2.10. The zero-order chi connectivity index (χ0) is 31.0. The molecule has 3 aliphatic carbocycles. The molecule has 0 spiro atoms. The fourth-order valence-electron chi connectivity index (χ4n) is 9.33. The maximum Gasteiger partial charge on any atom is 0.307 e. The highest BCUT2D eigenvalue weighted by Crippen LogP contribution is 2.66. The maximum absolute atomic E-state index is 13.2. The highest BCUT2D eigenvalue weighted by Gasteiger charge is 2.59. The van der Waals surface area contributed by atoms with Crippen LogP contribution in [0.5, 0.6) is 0 Å². The Hall–Kier alpha value is -1.62. The van der Waals surface area contributed by atoms with Crippen LogP contribution in [0.1, 0.15) is 133 Å². The number of ether oxygens (including phenoxy) is 1. The molecule has 1 saturated carbocycles. The second kappa shape index (κ2) is 12.5. The van der Waals surface area contributed by atoms with E-state index in [4.69, 9.17) is 4.74 Å². The lowest BCUT2D eigenvalue weighted by Crippen LogP contribution is -2.54. The summed E-state index contributed by atoms with van der Waals surface area (Å²) >= 11 is 0. The van der Waals surface area contributed by atoms with Gasteiger partial charge in [-0.05, 0) is 115 Å². The molecular weight excluding hydrogens is 512 g/mol. The quantitative estimate of drug-likeness (QED) is 0.228. The zero-order valence-electron chi connectivity index (χ0n) is 27.8. The number of hydrogen-bond acceptors (Lipinski definition) is 4. The van der Waals surface area contributed by atoms with Crippen molar-refractivity contribution in [3.05, 3.63) is 23.3 Å². The van der Waals surface area contributed by atoms with Crippen LogP contribution in [-0.4, -0.2) is 34.4 Å². The Bertz CT molecular complexity index is 1020. The fraction of sp³-hybridized carbons (Fsp3) is 0.833. The summed E-state index contributed by atoms with van der Waals surface area (Å²) in [5, 5.41) is 21.7.